The summed E-state index contributed by atoms with van der Waals surface area (Å²) in [4.78, 5) is 11.3. The lowest BCUT2D eigenvalue weighted by molar-refractivity contribution is -0.312. The Morgan fingerprint density at radius 1 is 0.545 bits per heavy atom. The second kappa shape index (κ2) is 18.8. The van der Waals surface area contributed by atoms with Gasteiger partial charge in [0.25, 0.3) is 0 Å². The largest absolute Gasteiger partial charge is 0.349 e. The van der Waals surface area contributed by atoms with Gasteiger partial charge < -0.3 is 9.47 Å². The van der Waals surface area contributed by atoms with Gasteiger partial charge in [0.05, 0.1) is 13.2 Å². The number of ketones is 1. The van der Waals surface area contributed by atoms with Gasteiger partial charge in [-0.25, -0.2) is 0 Å². The molecule has 5 fully saturated rings. The molecule has 0 atom stereocenters. The van der Waals surface area contributed by atoms with Gasteiger partial charge in [0, 0.05) is 31.1 Å². The Balaban J connectivity index is 0.000000209. The monoisotopic (exact) mass is 615 g/mol. The van der Waals surface area contributed by atoms with E-state index in [0.717, 1.165) is 74.4 Å². The first-order valence-electron chi connectivity index (χ1n) is 20.1. The maximum absolute atomic E-state index is 11.3. The zero-order valence-corrected chi connectivity index (χ0v) is 30.0. The molecule has 0 unspecified atom stereocenters. The van der Waals surface area contributed by atoms with Crippen LogP contribution in [0.25, 0.3) is 0 Å². The van der Waals surface area contributed by atoms with Crippen molar-refractivity contribution in [3.8, 4) is 0 Å². The average Bonchev–Trinajstić information content (AvgIpc) is 3.03. The Morgan fingerprint density at radius 2 is 0.932 bits per heavy atom. The standard InChI is InChI=1S/C23H42O2.C18H32O/c1-4-5-6-7-19-8-10-20(11-9-19)16-21-12-14-23(15-13-21)24-17-22(2,3)18-25-23;1-2-3-4-5-15-6-8-16(9-7-15)14-17-10-12-18(19)13-11-17/h19-21H,4-18H2,1-3H3;15-17H,2-14H2,1H3. The molecule has 1 spiro atoms. The van der Waals surface area contributed by atoms with Crippen molar-refractivity contribution in [3.05, 3.63) is 0 Å². The molecular formula is C41H74O3. The molecule has 44 heavy (non-hydrogen) atoms. The van der Waals surface area contributed by atoms with Gasteiger partial charge in [0.2, 0.25) is 0 Å². The van der Waals surface area contributed by atoms with Gasteiger partial charge in [-0.15, -0.1) is 0 Å². The van der Waals surface area contributed by atoms with E-state index in [2.05, 4.69) is 27.7 Å². The van der Waals surface area contributed by atoms with Crippen LogP contribution in [0.4, 0.5) is 0 Å². The summed E-state index contributed by atoms with van der Waals surface area (Å²) in [5, 5.41) is 0. The van der Waals surface area contributed by atoms with Gasteiger partial charge in [-0.2, -0.15) is 0 Å². The molecule has 0 amide bonds. The second-order valence-electron chi connectivity index (χ2n) is 17.3. The van der Waals surface area contributed by atoms with Crippen LogP contribution < -0.4 is 0 Å². The lowest BCUT2D eigenvalue weighted by atomic mass is 9.73. The highest BCUT2D eigenvalue weighted by molar-refractivity contribution is 5.79. The van der Waals surface area contributed by atoms with Crippen molar-refractivity contribution in [3.63, 3.8) is 0 Å². The Hall–Kier alpha value is -0.410. The summed E-state index contributed by atoms with van der Waals surface area (Å²) in [5.74, 6) is 6.17. The van der Waals surface area contributed by atoms with Crippen molar-refractivity contribution >= 4 is 5.78 Å². The number of carbonyl (C=O) groups excluding carboxylic acids is 1. The van der Waals surface area contributed by atoms with E-state index in [1.54, 1.807) is 0 Å². The molecule has 3 heteroatoms. The van der Waals surface area contributed by atoms with Crippen molar-refractivity contribution < 1.29 is 14.3 Å². The molecular weight excluding hydrogens is 540 g/mol. The number of unbranched alkanes of at least 4 members (excludes halogenated alkanes) is 4. The Bertz CT molecular complexity index is 758. The summed E-state index contributed by atoms with van der Waals surface area (Å²) < 4.78 is 12.4. The van der Waals surface area contributed by atoms with E-state index in [4.69, 9.17) is 9.47 Å². The normalized spacial score (nSPS) is 31.4. The third kappa shape index (κ3) is 12.7. The molecule has 5 aliphatic rings. The maximum atomic E-state index is 11.3. The maximum Gasteiger partial charge on any atom is 0.168 e. The fraction of sp³-hybridized carbons (Fsp3) is 0.976. The van der Waals surface area contributed by atoms with Crippen molar-refractivity contribution in [1.82, 2.24) is 0 Å². The molecule has 256 valence electrons. The minimum Gasteiger partial charge on any atom is -0.349 e. The lowest BCUT2D eigenvalue weighted by Crippen LogP contribution is -2.49. The molecule has 0 N–H and O–H groups in total. The molecule has 4 aliphatic carbocycles. The van der Waals surface area contributed by atoms with Crippen molar-refractivity contribution in [2.45, 2.75) is 200 Å². The topological polar surface area (TPSA) is 35.5 Å². The van der Waals surface area contributed by atoms with Gasteiger partial charge in [-0.3, -0.25) is 4.79 Å². The minimum absolute atomic E-state index is 0.192. The van der Waals surface area contributed by atoms with Crippen LogP contribution in [0.1, 0.15) is 195 Å². The Labute approximate surface area is 274 Å². The second-order valence-corrected chi connectivity index (χ2v) is 17.3. The first-order chi connectivity index (χ1) is 21.3. The van der Waals surface area contributed by atoms with Crippen LogP contribution in [0.5, 0.6) is 0 Å². The van der Waals surface area contributed by atoms with E-state index in [1.165, 1.54) is 141 Å². The van der Waals surface area contributed by atoms with Gasteiger partial charge in [-0.1, -0.05) is 130 Å². The van der Waals surface area contributed by atoms with E-state index < -0.39 is 0 Å². The molecule has 0 aromatic carbocycles. The van der Waals surface area contributed by atoms with Gasteiger partial charge >= 0.3 is 0 Å². The number of ether oxygens (including phenoxy) is 2. The van der Waals surface area contributed by atoms with Gasteiger partial charge in [-0.05, 0) is 74.0 Å². The summed E-state index contributed by atoms with van der Waals surface area (Å²) in [6, 6.07) is 0. The molecule has 3 nitrogen and oxygen atoms in total. The van der Waals surface area contributed by atoms with E-state index in [1.807, 2.05) is 0 Å². The van der Waals surface area contributed by atoms with Gasteiger partial charge in [0.15, 0.2) is 5.79 Å². The number of Topliss-reactive ketones (excluding diaryl/α,β-unsaturated/α-hetero) is 1. The first kappa shape index (κ1) is 36.4. The van der Waals surface area contributed by atoms with E-state index in [-0.39, 0.29) is 11.2 Å². The third-order valence-electron chi connectivity index (χ3n) is 12.7. The van der Waals surface area contributed by atoms with Crippen molar-refractivity contribution in [2.75, 3.05) is 13.2 Å². The molecule has 0 bridgehead atoms. The summed E-state index contributed by atoms with van der Waals surface area (Å²) >= 11 is 0. The molecule has 1 saturated heterocycles. The number of rotatable bonds is 12. The zero-order chi connectivity index (χ0) is 31.3. The predicted molar refractivity (Wildman–Crippen MR) is 186 cm³/mol. The predicted octanol–water partition coefficient (Wildman–Crippen LogP) is 12.2. The molecule has 0 radical (unpaired) electrons. The van der Waals surface area contributed by atoms with Crippen LogP contribution in [-0.4, -0.2) is 24.8 Å². The Kier molecular flexibility index (Phi) is 15.6. The SMILES string of the molecule is CCCCCC1CCC(CC2CCC(=O)CC2)CC1.CCCCCC1CCC(CC2CCC3(CC2)OCC(C)(C)CO3)CC1. The van der Waals surface area contributed by atoms with E-state index in [9.17, 15) is 4.79 Å². The lowest BCUT2D eigenvalue weighted by Gasteiger charge is -2.47. The highest BCUT2D eigenvalue weighted by Crippen LogP contribution is 2.44. The van der Waals surface area contributed by atoms with E-state index >= 15 is 0 Å². The molecule has 0 aromatic heterocycles. The van der Waals surface area contributed by atoms with Crippen LogP contribution in [0.3, 0.4) is 0 Å². The molecule has 5 rings (SSSR count). The highest BCUT2D eigenvalue weighted by Gasteiger charge is 2.43. The molecule has 0 aromatic rings. The van der Waals surface area contributed by atoms with E-state index in [0.29, 0.717) is 5.78 Å². The molecule has 1 aliphatic heterocycles. The van der Waals surface area contributed by atoms with Crippen LogP contribution in [0.2, 0.25) is 0 Å². The zero-order valence-electron chi connectivity index (χ0n) is 30.0. The van der Waals surface area contributed by atoms with Crippen LogP contribution >= 0.6 is 0 Å². The van der Waals surface area contributed by atoms with Gasteiger partial charge in [0.1, 0.15) is 5.78 Å². The van der Waals surface area contributed by atoms with Crippen molar-refractivity contribution in [2.24, 2.45) is 40.9 Å². The van der Waals surface area contributed by atoms with Crippen LogP contribution in [0, 0.1) is 40.9 Å². The third-order valence-corrected chi connectivity index (χ3v) is 12.7. The minimum atomic E-state index is -0.219. The quantitative estimate of drug-likeness (QED) is 0.205. The smallest absolute Gasteiger partial charge is 0.168 e. The number of hydrogen-bond acceptors (Lipinski definition) is 3. The summed E-state index contributed by atoms with van der Waals surface area (Å²) in [7, 11) is 0. The fourth-order valence-electron chi connectivity index (χ4n) is 9.43. The molecule has 4 saturated carbocycles. The average molecular weight is 615 g/mol. The fourth-order valence-corrected chi connectivity index (χ4v) is 9.43. The number of hydrogen-bond donors (Lipinski definition) is 0. The summed E-state index contributed by atoms with van der Waals surface area (Å²) in [5.41, 5.74) is 0.192. The summed E-state index contributed by atoms with van der Waals surface area (Å²) in [6.07, 6.45) is 35.3. The highest BCUT2D eigenvalue weighted by atomic mass is 16.7. The first-order valence-corrected chi connectivity index (χ1v) is 20.1. The van der Waals surface area contributed by atoms with Crippen LogP contribution in [-0.2, 0) is 14.3 Å². The Morgan fingerprint density at radius 3 is 1.36 bits per heavy atom. The molecule has 1 heterocycles. The number of carbonyl (C=O) groups is 1. The summed E-state index contributed by atoms with van der Waals surface area (Å²) in [6.45, 7) is 10.8. The van der Waals surface area contributed by atoms with Crippen LogP contribution in [0.15, 0.2) is 0 Å². The van der Waals surface area contributed by atoms with Crippen molar-refractivity contribution in [1.29, 1.82) is 0 Å².